The Labute approximate surface area is 159 Å². The molecule has 1 aromatic carbocycles. The zero-order valence-electron chi connectivity index (χ0n) is 15.9. The highest BCUT2D eigenvalue weighted by molar-refractivity contribution is 6.31. The van der Waals surface area contributed by atoms with Crippen LogP contribution in [0.4, 0.5) is 4.39 Å². The summed E-state index contributed by atoms with van der Waals surface area (Å²) in [6.45, 7) is 5.76. The van der Waals surface area contributed by atoms with Crippen molar-refractivity contribution in [1.29, 1.82) is 0 Å². The van der Waals surface area contributed by atoms with E-state index in [-0.39, 0.29) is 30.0 Å². The van der Waals surface area contributed by atoms with Crippen LogP contribution >= 0.6 is 0 Å². The van der Waals surface area contributed by atoms with Crippen molar-refractivity contribution in [2.75, 3.05) is 13.9 Å². The van der Waals surface area contributed by atoms with Gasteiger partial charge in [0.1, 0.15) is 25.0 Å². The Kier molecular flexibility index (Phi) is 5.08. The molecule has 1 aliphatic heterocycles. The molecule has 0 bridgehead atoms. The quantitative estimate of drug-likeness (QED) is 0.613. The van der Waals surface area contributed by atoms with Crippen LogP contribution in [0.25, 0.3) is 0 Å². The molecule has 1 aliphatic carbocycles. The number of aromatic hydroxyl groups is 1. The monoisotopic (exact) mass is 374 g/mol. The van der Waals surface area contributed by atoms with Gasteiger partial charge in [-0.1, -0.05) is 13.0 Å². The molecule has 7 heteroatoms. The number of benzene rings is 1. The van der Waals surface area contributed by atoms with E-state index < -0.39 is 16.7 Å². The highest BCUT2D eigenvalue weighted by atomic mass is 19.1. The number of halogens is 1. The minimum atomic E-state index is -0.812. The predicted octanol–water partition coefficient (Wildman–Crippen LogP) is 2.69. The van der Waals surface area contributed by atoms with E-state index in [4.69, 9.17) is 14.2 Å². The van der Waals surface area contributed by atoms with E-state index >= 15 is 0 Å². The van der Waals surface area contributed by atoms with Gasteiger partial charge in [-0.25, -0.2) is 4.39 Å². The molecule has 1 fully saturated rings. The molecule has 1 unspecified atom stereocenters. The highest BCUT2D eigenvalue weighted by Crippen LogP contribution is 2.53. The van der Waals surface area contributed by atoms with E-state index in [1.807, 2.05) is 14.8 Å². The smallest absolute Gasteiger partial charge is 0.189 e. The summed E-state index contributed by atoms with van der Waals surface area (Å²) < 4.78 is 31.0. The summed E-state index contributed by atoms with van der Waals surface area (Å²) in [5, 5.41) is 9.35. The normalized spacial score (nSPS) is 28.1. The molecule has 3 atom stereocenters. The SMILES string of the molecule is B[C@]1(CC=C)C[C@]2(C(C)Cc3cc(O)c(OC)cc3F)OCOC2=CC1=O. The molecule has 0 spiro atoms. The molecule has 5 nitrogen and oxygen atoms in total. The lowest BCUT2D eigenvalue weighted by Gasteiger charge is -2.43. The first-order valence-corrected chi connectivity index (χ1v) is 8.95. The number of carbonyl (C=O) groups is 1. The second-order valence-corrected chi connectivity index (χ2v) is 7.62. The number of allylic oxidation sites excluding steroid dienone is 2. The lowest BCUT2D eigenvalue weighted by atomic mass is 9.54. The number of phenols is 1. The van der Waals surface area contributed by atoms with Gasteiger partial charge < -0.3 is 19.3 Å². The highest BCUT2D eigenvalue weighted by Gasteiger charge is 2.55. The van der Waals surface area contributed by atoms with Crippen LogP contribution in [0.1, 0.15) is 25.3 Å². The summed E-state index contributed by atoms with van der Waals surface area (Å²) in [5.74, 6) is -0.194. The third kappa shape index (κ3) is 3.25. The Bertz CT molecular complexity index is 808. The van der Waals surface area contributed by atoms with E-state index in [0.29, 0.717) is 30.6 Å². The van der Waals surface area contributed by atoms with E-state index in [1.165, 1.54) is 25.3 Å². The van der Waals surface area contributed by atoms with Crippen molar-refractivity contribution in [1.82, 2.24) is 0 Å². The van der Waals surface area contributed by atoms with E-state index in [2.05, 4.69) is 6.58 Å². The summed E-state index contributed by atoms with van der Waals surface area (Å²) >= 11 is 0. The maximum absolute atomic E-state index is 14.5. The maximum Gasteiger partial charge on any atom is 0.189 e. The zero-order chi connectivity index (χ0) is 19.8. The van der Waals surface area contributed by atoms with Crippen molar-refractivity contribution >= 4 is 13.6 Å². The first kappa shape index (κ1) is 19.5. The van der Waals surface area contributed by atoms with Crippen molar-refractivity contribution in [3.8, 4) is 11.5 Å². The fourth-order valence-corrected chi connectivity index (χ4v) is 4.11. The van der Waals surface area contributed by atoms with E-state index in [1.54, 1.807) is 6.08 Å². The van der Waals surface area contributed by atoms with Crippen LogP contribution in [-0.2, 0) is 20.7 Å². The zero-order valence-corrected chi connectivity index (χ0v) is 15.9. The number of hydrogen-bond acceptors (Lipinski definition) is 5. The molecule has 0 saturated carbocycles. The van der Waals surface area contributed by atoms with Gasteiger partial charge in [0.25, 0.3) is 0 Å². The van der Waals surface area contributed by atoms with Crippen LogP contribution in [0.3, 0.4) is 0 Å². The number of hydrogen-bond donors (Lipinski definition) is 1. The molecule has 3 rings (SSSR count). The molecule has 1 N–H and O–H groups in total. The van der Waals surface area contributed by atoms with E-state index in [9.17, 15) is 14.3 Å². The van der Waals surface area contributed by atoms with Crippen molar-refractivity contribution in [2.45, 2.75) is 37.1 Å². The minimum absolute atomic E-state index is 0.0148. The average molecular weight is 374 g/mol. The number of fused-ring (bicyclic) bond motifs is 1. The van der Waals surface area contributed by atoms with Crippen LogP contribution in [0, 0.1) is 11.7 Å². The Balaban J connectivity index is 1.94. The largest absolute Gasteiger partial charge is 0.504 e. The van der Waals surface area contributed by atoms with Gasteiger partial charge in [-0.3, -0.25) is 4.79 Å². The van der Waals surface area contributed by atoms with Crippen molar-refractivity contribution < 1.29 is 28.5 Å². The van der Waals surface area contributed by atoms with Crippen LogP contribution in [0.2, 0.25) is 5.31 Å². The molecule has 27 heavy (non-hydrogen) atoms. The molecular formula is C20H24BFO5. The molecule has 2 aliphatic rings. The summed E-state index contributed by atoms with van der Waals surface area (Å²) in [4.78, 5) is 12.6. The molecule has 0 amide bonds. The van der Waals surface area contributed by atoms with Gasteiger partial charge in [-0.15, -0.1) is 6.58 Å². The van der Waals surface area contributed by atoms with E-state index in [0.717, 1.165) is 0 Å². The van der Waals surface area contributed by atoms with Gasteiger partial charge >= 0.3 is 0 Å². The first-order valence-electron chi connectivity index (χ1n) is 8.95. The number of phenolic OH excluding ortho intramolecular Hbond substituents is 1. The van der Waals surface area contributed by atoms with Gasteiger partial charge in [0.2, 0.25) is 0 Å². The van der Waals surface area contributed by atoms with Gasteiger partial charge in [0, 0.05) is 17.5 Å². The van der Waals surface area contributed by atoms with Crippen molar-refractivity contribution in [2.24, 2.45) is 5.92 Å². The Morgan fingerprint density at radius 3 is 2.93 bits per heavy atom. The standard InChI is InChI=1S/C20H24BFO5/c1-4-5-19(21)10-20(18(9-17(19)24)26-11-27-20)12(2)6-13-7-15(23)16(25-3)8-14(13)22/h4,7-9,12,23H,1,5-6,10-11,21H2,2-3H3/t12?,19-,20-/m1/s1. The van der Waals surface area contributed by atoms with Crippen molar-refractivity contribution in [3.63, 3.8) is 0 Å². The Hall–Kier alpha value is -2.28. The fourth-order valence-electron chi connectivity index (χ4n) is 4.11. The third-order valence-electron chi connectivity index (χ3n) is 5.72. The topological polar surface area (TPSA) is 65.0 Å². The second-order valence-electron chi connectivity index (χ2n) is 7.62. The van der Waals surface area contributed by atoms with Crippen LogP contribution in [0.5, 0.6) is 11.5 Å². The summed E-state index contributed by atoms with van der Waals surface area (Å²) in [7, 11) is 3.26. The molecule has 1 saturated heterocycles. The van der Waals surface area contributed by atoms with Gasteiger partial charge in [0.05, 0.1) is 7.11 Å². The summed E-state index contributed by atoms with van der Waals surface area (Å²) in [5.41, 5.74) is -0.458. The lowest BCUT2D eigenvalue weighted by Crippen LogP contribution is -2.47. The van der Waals surface area contributed by atoms with Crippen molar-refractivity contribution in [3.05, 3.63) is 48.0 Å². The number of carbonyl (C=O) groups excluding carboxylic acids is 1. The number of methoxy groups -OCH3 is 1. The predicted molar refractivity (Wildman–Crippen MR) is 101 cm³/mol. The number of ether oxygens (including phenoxy) is 3. The molecular weight excluding hydrogens is 350 g/mol. The molecule has 0 radical (unpaired) electrons. The second kappa shape index (κ2) is 7.04. The number of rotatable bonds is 6. The molecule has 1 aromatic rings. The third-order valence-corrected chi connectivity index (χ3v) is 5.72. The summed E-state index contributed by atoms with van der Waals surface area (Å²) in [6, 6.07) is 2.54. The number of ketones is 1. The Morgan fingerprint density at radius 1 is 1.52 bits per heavy atom. The van der Waals surface area contributed by atoms with Crippen LogP contribution < -0.4 is 4.74 Å². The van der Waals surface area contributed by atoms with Gasteiger partial charge in [-0.05, 0) is 36.8 Å². The summed E-state index contributed by atoms with van der Waals surface area (Å²) in [6.07, 6.45) is 4.50. The Morgan fingerprint density at radius 2 is 2.26 bits per heavy atom. The van der Waals surface area contributed by atoms with Crippen LogP contribution in [-0.4, -0.2) is 38.2 Å². The van der Waals surface area contributed by atoms with Gasteiger partial charge in [-0.2, -0.15) is 0 Å². The first-order chi connectivity index (χ1) is 12.8. The minimum Gasteiger partial charge on any atom is -0.504 e. The lowest BCUT2D eigenvalue weighted by molar-refractivity contribution is -0.122. The molecule has 144 valence electrons. The average Bonchev–Trinajstić information content (AvgIpc) is 3.01. The maximum atomic E-state index is 14.5. The molecule has 0 aromatic heterocycles. The van der Waals surface area contributed by atoms with Gasteiger partial charge in [0.15, 0.2) is 24.1 Å². The molecule has 1 heterocycles. The van der Waals surface area contributed by atoms with Crippen LogP contribution in [0.15, 0.2) is 36.6 Å². The fraction of sp³-hybridized carbons (Fsp3) is 0.450.